The number of primary amides is 1. The Balaban J connectivity index is 4.99. The minimum absolute atomic E-state index is 0.265. The molecule has 0 aliphatic carbocycles. The van der Waals surface area contributed by atoms with Crippen molar-refractivity contribution in [1.82, 2.24) is 10.2 Å². The van der Waals surface area contributed by atoms with Gasteiger partial charge in [-0.2, -0.15) is 0 Å². The zero-order chi connectivity index (χ0) is 16.5. The third-order valence-corrected chi connectivity index (χ3v) is 4.35. The van der Waals surface area contributed by atoms with Crippen molar-refractivity contribution in [3.63, 3.8) is 0 Å². The van der Waals surface area contributed by atoms with E-state index in [0.717, 1.165) is 25.9 Å². The van der Waals surface area contributed by atoms with Crippen LogP contribution in [0.3, 0.4) is 0 Å². The highest BCUT2D eigenvalue weighted by Crippen LogP contribution is 2.20. The second-order valence-corrected chi connectivity index (χ2v) is 5.98. The molecule has 2 atom stereocenters. The van der Waals surface area contributed by atoms with E-state index in [-0.39, 0.29) is 11.9 Å². The van der Waals surface area contributed by atoms with E-state index in [1.807, 2.05) is 13.8 Å². The van der Waals surface area contributed by atoms with Gasteiger partial charge in [0.25, 0.3) is 0 Å². The van der Waals surface area contributed by atoms with Gasteiger partial charge in [-0.1, -0.05) is 20.8 Å². The molecule has 2 unspecified atom stereocenters. The molecule has 0 aromatic heterocycles. The lowest BCUT2D eigenvalue weighted by molar-refractivity contribution is -0.124. The number of nitrogens with one attached hydrogen (secondary N) is 1. The van der Waals surface area contributed by atoms with E-state index < -0.39 is 5.54 Å². The van der Waals surface area contributed by atoms with Crippen molar-refractivity contribution >= 4 is 5.91 Å². The molecule has 126 valence electrons. The Bertz CT molecular complexity index is 295. The molecule has 0 aliphatic rings. The van der Waals surface area contributed by atoms with Gasteiger partial charge in [-0.05, 0) is 39.7 Å². The number of hydrogen-bond donors (Lipinski definition) is 2. The summed E-state index contributed by atoms with van der Waals surface area (Å²) < 4.78 is 5.24. The van der Waals surface area contributed by atoms with Crippen LogP contribution in [0.4, 0.5) is 0 Å². The van der Waals surface area contributed by atoms with Crippen LogP contribution < -0.4 is 11.1 Å². The Morgan fingerprint density at radius 3 is 2.29 bits per heavy atom. The predicted molar refractivity (Wildman–Crippen MR) is 88.3 cm³/mol. The lowest BCUT2D eigenvalue weighted by Gasteiger charge is -2.39. The molecular formula is C16H35N3O2. The molecule has 5 heteroatoms. The van der Waals surface area contributed by atoms with Crippen LogP contribution in [0.15, 0.2) is 0 Å². The van der Waals surface area contributed by atoms with Crippen LogP contribution >= 0.6 is 0 Å². The van der Waals surface area contributed by atoms with Gasteiger partial charge in [0, 0.05) is 25.7 Å². The summed E-state index contributed by atoms with van der Waals surface area (Å²) in [6, 6.07) is 0.774. The zero-order valence-corrected chi connectivity index (χ0v) is 14.7. The van der Waals surface area contributed by atoms with Crippen LogP contribution in [0.2, 0.25) is 0 Å². The van der Waals surface area contributed by atoms with Crippen LogP contribution in [-0.2, 0) is 9.53 Å². The minimum atomic E-state index is -0.661. The molecule has 0 saturated carbocycles. The monoisotopic (exact) mass is 301 g/mol. The van der Waals surface area contributed by atoms with Crippen molar-refractivity contribution in [3.05, 3.63) is 0 Å². The van der Waals surface area contributed by atoms with E-state index in [0.29, 0.717) is 19.1 Å². The molecule has 0 spiro atoms. The molecule has 0 saturated heterocycles. The summed E-state index contributed by atoms with van der Waals surface area (Å²) >= 11 is 0. The Morgan fingerprint density at radius 2 is 1.90 bits per heavy atom. The number of nitrogens with two attached hydrogens (primary N) is 1. The van der Waals surface area contributed by atoms with Gasteiger partial charge in [0.2, 0.25) is 5.91 Å². The summed E-state index contributed by atoms with van der Waals surface area (Å²) in [5.41, 5.74) is 4.94. The van der Waals surface area contributed by atoms with E-state index in [4.69, 9.17) is 10.5 Å². The molecule has 1 amide bonds. The largest absolute Gasteiger partial charge is 0.383 e. The van der Waals surface area contributed by atoms with Gasteiger partial charge in [0.05, 0.1) is 12.1 Å². The maximum atomic E-state index is 11.8. The first-order valence-corrected chi connectivity index (χ1v) is 8.15. The molecule has 21 heavy (non-hydrogen) atoms. The first-order chi connectivity index (χ1) is 9.86. The highest BCUT2D eigenvalue weighted by molar-refractivity contribution is 5.84. The molecule has 0 rings (SSSR count). The standard InChI is InChI=1S/C16H35N3O2/c1-7-14(8-2)19(10-11-21-6)13(4)12-16(5,15(17)20)18-9-3/h13-14,18H,7-12H2,1-6H3,(H2,17,20). The lowest BCUT2D eigenvalue weighted by Crippen LogP contribution is -2.57. The normalized spacial score (nSPS) is 16.2. The topological polar surface area (TPSA) is 67.6 Å². The second-order valence-electron chi connectivity index (χ2n) is 5.98. The lowest BCUT2D eigenvalue weighted by atomic mass is 9.91. The van der Waals surface area contributed by atoms with Gasteiger partial charge in [-0.15, -0.1) is 0 Å². The predicted octanol–water partition coefficient (Wildman–Crippen LogP) is 1.76. The number of ether oxygens (including phenoxy) is 1. The fraction of sp³-hybridized carbons (Fsp3) is 0.938. The highest BCUT2D eigenvalue weighted by atomic mass is 16.5. The van der Waals surface area contributed by atoms with Crippen molar-refractivity contribution in [2.45, 2.75) is 71.5 Å². The van der Waals surface area contributed by atoms with Crippen molar-refractivity contribution in [2.75, 3.05) is 26.8 Å². The number of carbonyl (C=O) groups is 1. The van der Waals surface area contributed by atoms with Gasteiger partial charge in [0.15, 0.2) is 0 Å². The van der Waals surface area contributed by atoms with Crippen molar-refractivity contribution < 1.29 is 9.53 Å². The highest BCUT2D eigenvalue weighted by Gasteiger charge is 2.34. The SMILES string of the molecule is CCNC(C)(CC(C)N(CCOC)C(CC)CC)C(N)=O. The molecule has 0 fully saturated rings. The maximum absolute atomic E-state index is 11.8. The molecule has 0 bridgehead atoms. The Kier molecular flexibility index (Phi) is 9.83. The molecule has 0 aliphatic heterocycles. The van der Waals surface area contributed by atoms with Crippen molar-refractivity contribution in [2.24, 2.45) is 5.73 Å². The van der Waals surface area contributed by atoms with Gasteiger partial charge >= 0.3 is 0 Å². The van der Waals surface area contributed by atoms with E-state index in [1.165, 1.54) is 0 Å². The van der Waals surface area contributed by atoms with Crippen LogP contribution in [0.25, 0.3) is 0 Å². The van der Waals surface area contributed by atoms with E-state index >= 15 is 0 Å². The van der Waals surface area contributed by atoms with Gasteiger partial charge in [-0.3, -0.25) is 9.69 Å². The number of carbonyl (C=O) groups excluding carboxylic acids is 1. The summed E-state index contributed by atoms with van der Waals surface area (Å²) in [5, 5.41) is 3.24. The van der Waals surface area contributed by atoms with Gasteiger partial charge in [0.1, 0.15) is 0 Å². The fourth-order valence-corrected chi connectivity index (χ4v) is 3.08. The molecule has 5 nitrogen and oxygen atoms in total. The van der Waals surface area contributed by atoms with Gasteiger partial charge in [-0.25, -0.2) is 0 Å². The van der Waals surface area contributed by atoms with Crippen LogP contribution in [0, 0.1) is 0 Å². The number of methoxy groups -OCH3 is 1. The van der Waals surface area contributed by atoms with Crippen LogP contribution in [0.5, 0.6) is 0 Å². The molecular weight excluding hydrogens is 266 g/mol. The number of hydrogen-bond acceptors (Lipinski definition) is 4. The maximum Gasteiger partial charge on any atom is 0.237 e. The number of nitrogens with zero attached hydrogens (tertiary/aromatic N) is 1. The Morgan fingerprint density at radius 1 is 1.33 bits per heavy atom. The number of rotatable bonds is 12. The average molecular weight is 301 g/mol. The zero-order valence-electron chi connectivity index (χ0n) is 14.7. The molecule has 0 radical (unpaired) electrons. The number of amides is 1. The van der Waals surface area contributed by atoms with E-state index in [2.05, 4.69) is 31.0 Å². The third-order valence-electron chi connectivity index (χ3n) is 4.35. The van der Waals surface area contributed by atoms with E-state index in [1.54, 1.807) is 7.11 Å². The van der Waals surface area contributed by atoms with Crippen molar-refractivity contribution in [1.29, 1.82) is 0 Å². The first-order valence-electron chi connectivity index (χ1n) is 8.15. The summed E-state index contributed by atoms with van der Waals surface area (Å²) in [4.78, 5) is 14.3. The second kappa shape index (κ2) is 10.1. The summed E-state index contributed by atoms with van der Waals surface area (Å²) in [7, 11) is 1.72. The summed E-state index contributed by atoms with van der Waals surface area (Å²) in [6.07, 6.45) is 2.90. The Labute approximate surface area is 130 Å². The number of likely N-dealkylation sites (N-methyl/N-ethyl adjacent to an activating group) is 1. The molecule has 3 N–H and O–H groups in total. The average Bonchev–Trinajstić information content (AvgIpc) is 2.43. The summed E-state index contributed by atoms with van der Waals surface area (Å²) in [6.45, 7) is 12.8. The quantitative estimate of drug-likeness (QED) is 0.576. The smallest absolute Gasteiger partial charge is 0.237 e. The molecule has 0 aromatic rings. The molecule has 0 heterocycles. The Hall–Kier alpha value is -0.650. The van der Waals surface area contributed by atoms with E-state index in [9.17, 15) is 4.79 Å². The van der Waals surface area contributed by atoms with Gasteiger partial charge < -0.3 is 15.8 Å². The minimum Gasteiger partial charge on any atom is -0.383 e. The van der Waals surface area contributed by atoms with Crippen LogP contribution in [0.1, 0.15) is 53.9 Å². The van der Waals surface area contributed by atoms with Crippen LogP contribution in [-0.4, -0.2) is 55.2 Å². The molecule has 0 aromatic carbocycles. The third kappa shape index (κ3) is 6.32. The van der Waals surface area contributed by atoms with Crippen molar-refractivity contribution in [3.8, 4) is 0 Å². The summed E-state index contributed by atoms with van der Waals surface area (Å²) in [5.74, 6) is -0.285. The first kappa shape index (κ1) is 20.3. The fourth-order valence-electron chi connectivity index (χ4n) is 3.08.